The lowest BCUT2D eigenvalue weighted by Gasteiger charge is -2.22. The minimum atomic E-state index is -3.48. The molecule has 8 heteroatoms. The first-order valence-electron chi connectivity index (χ1n) is 9.04. The van der Waals surface area contributed by atoms with Gasteiger partial charge in [0, 0.05) is 11.1 Å². The summed E-state index contributed by atoms with van der Waals surface area (Å²) in [7, 11) is -3.48. The number of sulfonamides is 1. The minimum absolute atomic E-state index is 0.135. The van der Waals surface area contributed by atoms with Crippen molar-refractivity contribution in [2.45, 2.75) is 6.54 Å². The highest BCUT2D eigenvalue weighted by molar-refractivity contribution is 7.92. The normalized spacial score (nSPS) is 11.4. The van der Waals surface area contributed by atoms with Gasteiger partial charge in [-0.25, -0.2) is 18.2 Å². The summed E-state index contributed by atoms with van der Waals surface area (Å²) in [6.07, 6.45) is 2.38. The van der Waals surface area contributed by atoms with Crippen LogP contribution in [0.1, 0.15) is 21.5 Å². The van der Waals surface area contributed by atoms with Crippen LogP contribution in [0.15, 0.2) is 84.0 Å². The third-order valence-corrected chi connectivity index (χ3v) is 5.40. The number of nitrogens with zero attached hydrogens (tertiary/aromatic N) is 2. The number of hydrogen-bond donors (Lipinski definition) is 1. The van der Waals surface area contributed by atoms with Gasteiger partial charge in [-0.2, -0.15) is 5.10 Å². The van der Waals surface area contributed by atoms with Gasteiger partial charge in [0.25, 0.3) is 5.91 Å². The van der Waals surface area contributed by atoms with E-state index < -0.39 is 21.7 Å². The maximum atomic E-state index is 13.5. The fraction of sp³-hybridized carbons (Fsp3) is 0.0909. The molecule has 1 amide bonds. The number of hydrogen-bond acceptors (Lipinski definition) is 4. The molecule has 3 rings (SSSR count). The Morgan fingerprint density at radius 2 is 1.63 bits per heavy atom. The summed E-state index contributed by atoms with van der Waals surface area (Å²) in [5.41, 5.74) is 4.22. The molecule has 0 aliphatic heterocycles. The first kappa shape index (κ1) is 21.2. The third kappa shape index (κ3) is 5.51. The number of amides is 1. The summed E-state index contributed by atoms with van der Waals surface area (Å²) in [6.45, 7) is 0.135. The first-order chi connectivity index (χ1) is 14.3. The summed E-state index contributed by atoms with van der Waals surface area (Å²) in [5, 5.41) is 3.77. The third-order valence-electron chi connectivity index (χ3n) is 4.26. The second-order valence-corrected chi connectivity index (χ2v) is 8.43. The van der Waals surface area contributed by atoms with Crippen LogP contribution < -0.4 is 9.73 Å². The average molecular weight is 425 g/mol. The Balaban J connectivity index is 1.68. The number of halogens is 1. The van der Waals surface area contributed by atoms with Gasteiger partial charge in [0.15, 0.2) is 0 Å². The molecule has 0 fully saturated rings. The molecule has 0 aliphatic carbocycles. The number of para-hydroxylation sites is 1. The van der Waals surface area contributed by atoms with Crippen LogP contribution in [0.2, 0.25) is 0 Å². The average Bonchev–Trinajstić information content (AvgIpc) is 2.73. The van der Waals surface area contributed by atoms with Crippen LogP contribution in [0, 0.1) is 5.82 Å². The Morgan fingerprint density at radius 1 is 1.00 bits per heavy atom. The molecule has 0 heterocycles. The molecular formula is C22H20FN3O3S. The lowest BCUT2D eigenvalue weighted by Crippen LogP contribution is -2.29. The fourth-order valence-electron chi connectivity index (χ4n) is 2.73. The Bertz CT molecular complexity index is 1150. The van der Waals surface area contributed by atoms with Crippen molar-refractivity contribution >= 4 is 27.8 Å². The van der Waals surface area contributed by atoms with Crippen molar-refractivity contribution in [3.63, 3.8) is 0 Å². The molecule has 0 unspecified atom stereocenters. The van der Waals surface area contributed by atoms with Gasteiger partial charge in [0.1, 0.15) is 5.82 Å². The van der Waals surface area contributed by atoms with Crippen LogP contribution in [0.3, 0.4) is 0 Å². The van der Waals surface area contributed by atoms with Crippen molar-refractivity contribution < 1.29 is 17.6 Å². The maximum Gasteiger partial charge on any atom is 0.271 e. The number of nitrogens with one attached hydrogen (secondary N) is 1. The number of carbonyl (C=O) groups is 1. The van der Waals surface area contributed by atoms with E-state index in [-0.39, 0.29) is 12.1 Å². The van der Waals surface area contributed by atoms with Crippen molar-refractivity contribution in [1.82, 2.24) is 5.43 Å². The van der Waals surface area contributed by atoms with Gasteiger partial charge < -0.3 is 0 Å². The Hall–Kier alpha value is -3.52. The minimum Gasteiger partial charge on any atom is -0.267 e. The summed E-state index contributed by atoms with van der Waals surface area (Å²) >= 11 is 0. The van der Waals surface area contributed by atoms with Gasteiger partial charge in [-0.3, -0.25) is 9.10 Å². The molecule has 0 atom stereocenters. The number of anilines is 1. The van der Waals surface area contributed by atoms with Crippen LogP contribution in [0.25, 0.3) is 0 Å². The van der Waals surface area contributed by atoms with Crippen molar-refractivity contribution in [2.24, 2.45) is 5.10 Å². The lowest BCUT2D eigenvalue weighted by atomic mass is 10.1. The second-order valence-electron chi connectivity index (χ2n) is 6.52. The molecule has 3 aromatic carbocycles. The predicted octanol–water partition coefficient (Wildman–Crippen LogP) is 3.56. The van der Waals surface area contributed by atoms with Gasteiger partial charge in [0.05, 0.1) is 24.7 Å². The highest BCUT2D eigenvalue weighted by Crippen LogP contribution is 2.20. The Labute approximate surface area is 174 Å². The summed E-state index contributed by atoms with van der Waals surface area (Å²) < 4.78 is 39.2. The van der Waals surface area contributed by atoms with Gasteiger partial charge in [-0.05, 0) is 35.9 Å². The molecule has 0 bridgehead atoms. The fourth-order valence-corrected chi connectivity index (χ4v) is 3.61. The first-order valence-corrected chi connectivity index (χ1v) is 10.9. The number of benzene rings is 3. The molecule has 0 aromatic heterocycles. The highest BCUT2D eigenvalue weighted by atomic mass is 32.2. The van der Waals surface area contributed by atoms with Crippen LogP contribution in [0.4, 0.5) is 10.1 Å². The lowest BCUT2D eigenvalue weighted by molar-refractivity contribution is 0.0955. The zero-order chi connectivity index (χ0) is 21.6. The van der Waals surface area contributed by atoms with Crippen LogP contribution in [-0.2, 0) is 16.6 Å². The van der Waals surface area contributed by atoms with Gasteiger partial charge in [-0.1, -0.05) is 48.5 Å². The quantitative estimate of drug-likeness (QED) is 0.464. The number of hydrazone groups is 1. The van der Waals surface area contributed by atoms with Crippen molar-refractivity contribution in [2.75, 3.05) is 10.6 Å². The molecule has 0 spiro atoms. The zero-order valence-electron chi connectivity index (χ0n) is 16.2. The van der Waals surface area contributed by atoms with E-state index in [2.05, 4.69) is 10.5 Å². The van der Waals surface area contributed by atoms with Crippen molar-refractivity contribution in [1.29, 1.82) is 0 Å². The predicted molar refractivity (Wildman–Crippen MR) is 115 cm³/mol. The molecule has 30 heavy (non-hydrogen) atoms. The highest BCUT2D eigenvalue weighted by Gasteiger charge is 2.17. The number of rotatable bonds is 7. The molecule has 0 aliphatic rings. The molecular weight excluding hydrogens is 405 g/mol. The van der Waals surface area contributed by atoms with E-state index >= 15 is 0 Å². The van der Waals surface area contributed by atoms with E-state index in [0.717, 1.165) is 11.8 Å². The van der Waals surface area contributed by atoms with Crippen molar-refractivity contribution in [3.8, 4) is 0 Å². The molecule has 0 saturated carbocycles. The van der Waals surface area contributed by atoms with Gasteiger partial charge in [-0.15, -0.1) is 0 Å². The van der Waals surface area contributed by atoms with Gasteiger partial charge >= 0.3 is 0 Å². The van der Waals surface area contributed by atoms with E-state index in [4.69, 9.17) is 0 Å². The Kier molecular flexibility index (Phi) is 6.58. The SMILES string of the molecule is CS(=O)(=O)N(Cc1ccc(C(=O)N/N=C/c2ccccc2F)cc1)c1ccccc1. The molecule has 3 aromatic rings. The van der Waals surface area contributed by atoms with Crippen LogP contribution in [-0.4, -0.2) is 26.8 Å². The van der Waals surface area contributed by atoms with Crippen molar-refractivity contribution in [3.05, 3.63) is 101 Å². The second kappa shape index (κ2) is 9.32. The van der Waals surface area contributed by atoms with E-state index in [1.54, 1.807) is 66.7 Å². The Morgan fingerprint density at radius 3 is 2.27 bits per heavy atom. The van der Waals surface area contributed by atoms with E-state index in [1.807, 2.05) is 6.07 Å². The number of carbonyl (C=O) groups excluding carboxylic acids is 1. The van der Waals surface area contributed by atoms with Gasteiger partial charge in [0.2, 0.25) is 10.0 Å². The molecule has 154 valence electrons. The van der Waals surface area contributed by atoms with Crippen LogP contribution in [0.5, 0.6) is 0 Å². The van der Waals surface area contributed by atoms with E-state index in [1.165, 1.54) is 16.6 Å². The molecule has 0 radical (unpaired) electrons. The monoisotopic (exact) mass is 425 g/mol. The van der Waals surface area contributed by atoms with E-state index in [0.29, 0.717) is 11.3 Å². The summed E-state index contributed by atoms with van der Waals surface area (Å²) in [4.78, 5) is 12.2. The molecule has 0 saturated heterocycles. The molecule has 6 nitrogen and oxygen atoms in total. The molecule has 1 N–H and O–H groups in total. The maximum absolute atomic E-state index is 13.5. The summed E-state index contributed by atoms with van der Waals surface area (Å²) in [5.74, 6) is -0.897. The smallest absolute Gasteiger partial charge is 0.267 e. The summed E-state index contributed by atoms with van der Waals surface area (Å²) in [6, 6.07) is 21.4. The largest absolute Gasteiger partial charge is 0.271 e. The van der Waals surface area contributed by atoms with E-state index in [9.17, 15) is 17.6 Å². The standard InChI is InChI=1S/C22H20FN3O3S/c1-30(28,29)26(20-8-3-2-4-9-20)16-17-11-13-18(14-12-17)22(27)25-24-15-19-7-5-6-10-21(19)23/h2-15H,16H2,1H3,(H,25,27)/b24-15+. The zero-order valence-corrected chi connectivity index (χ0v) is 17.0. The topological polar surface area (TPSA) is 78.8 Å². The van der Waals surface area contributed by atoms with Crippen LogP contribution >= 0.6 is 0 Å².